The highest BCUT2D eigenvalue weighted by atomic mass is 15.2. The highest BCUT2D eigenvalue weighted by Crippen LogP contribution is 2.25. The molecular formula is C17H24N4. The van der Waals surface area contributed by atoms with Gasteiger partial charge in [0, 0.05) is 25.2 Å². The Labute approximate surface area is 127 Å². The van der Waals surface area contributed by atoms with E-state index in [-0.39, 0.29) is 0 Å². The van der Waals surface area contributed by atoms with Crippen molar-refractivity contribution in [2.45, 2.75) is 34.2 Å². The fourth-order valence-corrected chi connectivity index (χ4v) is 2.47. The Morgan fingerprint density at radius 1 is 1.05 bits per heavy atom. The van der Waals surface area contributed by atoms with Gasteiger partial charge in [-0.2, -0.15) is 0 Å². The van der Waals surface area contributed by atoms with Gasteiger partial charge in [0.25, 0.3) is 0 Å². The van der Waals surface area contributed by atoms with Gasteiger partial charge in [0.15, 0.2) is 0 Å². The van der Waals surface area contributed by atoms with Crippen molar-refractivity contribution in [3.63, 3.8) is 0 Å². The molecule has 1 aromatic heterocycles. The lowest BCUT2D eigenvalue weighted by atomic mass is 10.0. The molecule has 0 aliphatic heterocycles. The van der Waals surface area contributed by atoms with Crippen molar-refractivity contribution >= 4 is 5.95 Å². The highest BCUT2D eigenvalue weighted by molar-refractivity contribution is 5.65. The standard InChI is InChI=1S/C17H24N4/c1-5-21(6-2)17-19-14(11-18)10-16(20-17)15-8-7-12(3)9-13(15)4/h7-10H,5-6,11,18H2,1-4H3. The summed E-state index contributed by atoms with van der Waals surface area (Å²) in [5.41, 5.74) is 11.3. The van der Waals surface area contributed by atoms with Gasteiger partial charge >= 0.3 is 0 Å². The van der Waals surface area contributed by atoms with E-state index in [0.29, 0.717) is 6.54 Å². The first-order chi connectivity index (χ1) is 10.1. The van der Waals surface area contributed by atoms with E-state index in [2.05, 4.69) is 55.8 Å². The normalized spacial score (nSPS) is 10.7. The minimum absolute atomic E-state index is 0.425. The summed E-state index contributed by atoms with van der Waals surface area (Å²) in [7, 11) is 0. The summed E-state index contributed by atoms with van der Waals surface area (Å²) >= 11 is 0. The molecule has 0 amide bonds. The second-order valence-electron chi connectivity index (χ2n) is 5.24. The number of rotatable bonds is 5. The molecule has 0 spiro atoms. The SMILES string of the molecule is CCN(CC)c1nc(CN)cc(-c2ccc(C)cc2C)n1. The minimum Gasteiger partial charge on any atom is -0.341 e. The van der Waals surface area contributed by atoms with Crippen LogP contribution in [0, 0.1) is 13.8 Å². The minimum atomic E-state index is 0.425. The fraction of sp³-hybridized carbons (Fsp3) is 0.412. The van der Waals surface area contributed by atoms with Crippen LogP contribution in [0.15, 0.2) is 24.3 Å². The zero-order valence-electron chi connectivity index (χ0n) is 13.3. The maximum Gasteiger partial charge on any atom is 0.226 e. The van der Waals surface area contributed by atoms with Gasteiger partial charge in [-0.15, -0.1) is 0 Å². The van der Waals surface area contributed by atoms with E-state index < -0.39 is 0 Å². The molecule has 0 aliphatic rings. The van der Waals surface area contributed by atoms with Crippen molar-refractivity contribution in [3.8, 4) is 11.3 Å². The lowest BCUT2D eigenvalue weighted by Gasteiger charge is -2.20. The van der Waals surface area contributed by atoms with E-state index >= 15 is 0 Å². The third-order valence-electron chi connectivity index (χ3n) is 3.68. The zero-order valence-corrected chi connectivity index (χ0v) is 13.3. The third kappa shape index (κ3) is 3.39. The molecule has 2 N–H and O–H groups in total. The summed E-state index contributed by atoms with van der Waals surface area (Å²) in [4.78, 5) is 11.4. The van der Waals surface area contributed by atoms with Crippen LogP contribution in [0.3, 0.4) is 0 Å². The zero-order chi connectivity index (χ0) is 15.4. The van der Waals surface area contributed by atoms with Gasteiger partial charge in [-0.1, -0.05) is 23.8 Å². The first-order valence-electron chi connectivity index (χ1n) is 7.49. The monoisotopic (exact) mass is 284 g/mol. The number of hydrogen-bond donors (Lipinski definition) is 1. The highest BCUT2D eigenvalue weighted by Gasteiger charge is 2.11. The lowest BCUT2D eigenvalue weighted by molar-refractivity contribution is 0.809. The number of anilines is 1. The van der Waals surface area contributed by atoms with E-state index in [9.17, 15) is 0 Å². The van der Waals surface area contributed by atoms with Crippen LogP contribution in [0.1, 0.15) is 30.7 Å². The summed E-state index contributed by atoms with van der Waals surface area (Å²) in [6.07, 6.45) is 0. The first kappa shape index (κ1) is 15.4. The Bertz CT molecular complexity index is 618. The van der Waals surface area contributed by atoms with E-state index in [1.165, 1.54) is 11.1 Å². The van der Waals surface area contributed by atoms with Crippen LogP contribution in [0.5, 0.6) is 0 Å². The van der Waals surface area contributed by atoms with Crippen molar-refractivity contribution in [1.29, 1.82) is 0 Å². The van der Waals surface area contributed by atoms with Crippen molar-refractivity contribution in [2.24, 2.45) is 5.73 Å². The number of nitrogens with zero attached hydrogens (tertiary/aromatic N) is 3. The Morgan fingerprint density at radius 3 is 2.33 bits per heavy atom. The molecule has 112 valence electrons. The molecule has 0 unspecified atom stereocenters. The molecule has 21 heavy (non-hydrogen) atoms. The van der Waals surface area contributed by atoms with Crippen LogP contribution in [0.2, 0.25) is 0 Å². The second-order valence-corrected chi connectivity index (χ2v) is 5.24. The Kier molecular flexibility index (Phi) is 4.91. The summed E-state index contributed by atoms with van der Waals surface area (Å²) in [5, 5.41) is 0. The Hall–Kier alpha value is -1.94. The summed E-state index contributed by atoms with van der Waals surface area (Å²) in [5.74, 6) is 0.762. The molecule has 0 saturated carbocycles. The smallest absolute Gasteiger partial charge is 0.226 e. The van der Waals surface area contributed by atoms with Crippen molar-refractivity contribution in [2.75, 3.05) is 18.0 Å². The topological polar surface area (TPSA) is 55.0 Å². The Balaban J connectivity index is 2.55. The van der Waals surface area contributed by atoms with Gasteiger partial charge in [0.05, 0.1) is 11.4 Å². The molecule has 4 nitrogen and oxygen atoms in total. The number of hydrogen-bond acceptors (Lipinski definition) is 4. The van der Waals surface area contributed by atoms with Gasteiger partial charge in [-0.05, 0) is 39.3 Å². The van der Waals surface area contributed by atoms with E-state index in [1.807, 2.05) is 6.07 Å². The number of benzene rings is 1. The summed E-state index contributed by atoms with van der Waals surface area (Å²) in [6, 6.07) is 8.41. The van der Waals surface area contributed by atoms with Crippen molar-refractivity contribution < 1.29 is 0 Å². The van der Waals surface area contributed by atoms with Gasteiger partial charge in [0.2, 0.25) is 5.95 Å². The molecule has 1 aromatic carbocycles. The third-order valence-corrected chi connectivity index (χ3v) is 3.68. The molecule has 0 bridgehead atoms. The quantitative estimate of drug-likeness (QED) is 0.916. The maximum atomic E-state index is 5.80. The fourth-order valence-electron chi connectivity index (χ4n) is 2.47. The Morgan fingerprint density at radius 2 is 1.76 bits per heavy atom. The molecule has 4 heteroatoms. The van der Waals surface area contributed by atoms with Crippen molar-refractivity contribution in [1.82, 2.24) is 9.97 Å². The molecule has 0 saturated heterocycles. The average molecular weight is 284 g/mol. The van der Waals surface area contributed by atoms with E-state index in [0.717, 1.165) is 36.0 Å². The van der Waals surface area contributed by atoms with E-state index in [1.54, 1.807) is 0 Å². The molecule has 0 atom stereocenters. The van der Waals surface area contributed by atoms with Crippen LogP contribution in [0.4, 0.5) is 5.95 Å². The van der Waals surface area contributed by atoms with Gasteiger partial charge < -0.3 is 10.6 Å². The van der Waals surface area contributed by atoms with Gasteiger partial charge in [0.1, 0.15) is 0 Å². The van der Waals surface area contributed by atoms with Crippen LogP contribution in [-0.4, -0.2) is 23.1 Å². The molecule has 1 heterocycles. The van der Waals surface area contributed by atoms with Crippen LogP contribution in [-0.2, 0) is 6.54 Å². The number of aromatic nitrogens is 2. The molecule has 0 radical (unpaired) electrons. The van der Waals surface area contributed by atoms with E-state index in [4.69, 9.17) is 10.7 Å². The van der Waals surface area contributed by atoms with Crippen LogP contribution >= 0.6 is 0 Å². The molecule has 0 aliphatic carbocycles. The van der Waals surface area contributed by atoms with Crippen LogP contribution < -0.4 is 10.6 Å². The second kappa shape index (κ2) is 6.68. The molecular weight excluding hydrogens is 260 g/mol. The molecule has 0 fully saturated rings. The summed E-state index contributed by atoms with van der Waals surface area (Å²) < 4.78 is 0. The van der Waals surface area contributed by atoms with Crippen molar-refractivity contribution in [3.05, 3.63) is 41.1 Å². The molecule has 2 aromatic rings. The van der Waals surface area contributed by atoms with Gasteiger partial charge in [-0.3, -0.25) is 0 Å². The van der Waals surface area contributed by atoms with Crippen LogP contribution in [0.25, 0.3) is 11.3 Å². The molecule has 2 rings (SSSR count). The summed E-state index contributed by atoms with van der Waals surface area (Å²) in [6.45, 7) is 10.6. The number of aryl methyl sites for hydroxylation is 2. The first-order valence-corrected chi connectivity index (χ1v) is 7.49. The van der Waals surface area contributed by atoms with Gasteiger partial charge in [-0.25, -0.2) is 9.97 Å². The predicted octanol–water partition coefficient (Wildman–Crippen LogP) is 3.07. The number of nitrogens with two attached hydrogens (primary N) is 1. The largest absolute Gasteiger partial charge is 0.341 e. The average Bonchev–Trinajstić information content (AvgIpc) is 2.48. The predicted molar refractivity (Wildman–Crippen MR) is 88.4 cm³/mol. The lowest BCUT2D eigenvalue weighted by Crippen LogP contribution is -2.25. The maximum absolute atomic E-state index is 5.80.